The van der Waals surface area contributed by atoms with Gasteiger partial charge in [-0.15, -0.1) is 11.3 Å². The molecule has 8 heteroatoms. The van der Waals surface area contributed by atoms with Gasteiger partial charge in [-0.25, -0.2) is 4.79 Å². The van der Waals surface area contributed by atoms with Crippen molar-refractivity contribution in [1.29, 1.82) is 0 Å². The summed E-state index contributed by atoms with van der Waals surface area (Å²) in [6.07, 6.45) is 0.524. The predicted octanol–water partition coefficient (Wildman–Crippen LogP) is 4.08. The fraction of sp³-hybridized carbons (Fsp3) is 0.280. The number of carbonyl (C=O) groups is 1. The van der Waals surface area contributed by atoms with Crippen molar-refractivity contribution in [1.82, 2.24) is 9.47 Å². The largest absolute Gasteiger partial charge is 0.487 e. The van der Waals surface area contributed by atoms with Crippen molar-refractivity contribution in [2.24, 2.45) is 0 Å². The molecule has 5 rings (SSSR count). The third kappa shape index (κ3) is 4.44. The Balaban J connectivity index is 1.41. The Labute approximate surface area is 194 Å². The number of hydrogen-bond donors (Lipinski definition) is 0. The van der Waals surface area contributed by atoms with E-state index < -0.39 is 5.97 Å². The summed E-state index contributed by atoms with van der Waals surface area (Å²) < 4.78 is 18.6. The number of fused-ring (bicyclic) bond motifs is 2. The summed E-state index contributed by atoms with van der Waals surface area (Å²) >= 11 is 1.56. The van der Waals surface area contributed by atoms with E-state index in [2.05, 4.69) is 11.0 Å². The van der Waals surface area contributed by atoms with Crippen molar-refractivity contribution < 1.29 is 18.7 Å². The summed E-state index contributed by atoms with van der Waals surface area (Å²) in [6, 6.07) is 15.3. The zero-order valence-electron chi connectivity index (χ0n) is 18.3. The van der Waals surface area contributed by atoms with Gasteiger partial charge in [0.05, 0.1) is 13.7 Å². The number of methoxy groups -OCH3 is 1. The van der Waals surface area contributed by atoms with Gasteiger partial charge < -0.3 is 18.5 Å². The van der Waals surface area contributed by atoms with Crippen molar-refractivity contribution in [3.8, 4) is 5.75 Å². The van der Waals surface area contributed by atoms with Crippen LogP contribution in [0.3, 0.4) is 0 Å². The maximum atomic E-state index is 12.9. The molecule has 170 valence electrons. The maximum absolute atomic E-state index is 12.9. The minimum atomic E-state index is -0.495. The van der Waals surface area contributed by atoms with Crippen LogP contribution in [-0.4, -0.2) is 35.6 Å². The molecule has 0 aliphatic carbocycles. The highest BCUT2D eigenvalue weighted by atomic mass is 32.1. The minimum Gasteiger partial charge on any atom is -0.487 e. The number of aromatic nitrogens is 1. The molecule has 0 spiro atoms. The van der Waals surface area contributed by atoms with Crippen molar-refractivity contribution >= 4 is 28.3 Å². The molecule has 0 bridgehead atoms. The first-order chi connectivity index (χ1) is 16.1. The lowest BCUT2D eigenvalue weighted by atomic mass is 10.1. The number of furan rings is 1. The highest BCUT2D eigenvalue weighted by molar-refractivity contribution is 7.09. The smallest absolute Gasteiger partial charge is 0.343 e. The normalized spacial score (nSPS) is 14.1. The van der Waals surface area contributed by atoms with Crippen LogP contribution >= 0.6 is 11.3 Å². The summed E-state index contributed by atoms with van der Waals surface area (Å²) in [5, 5.41) is 3.03. The third-order valence-corrected chi connectivity index (χ3v) is 6.73. The van der Waals surface area contributed by atoms with E-state index in [0.717, 1.165) is 21.6 Å². The number of para-hydroxylation sites is 1. The molecule has 0 atom stereocenters. The van der Waals surface area contributed by atoms with Crippen LogP contribution in [-0.2, 0) is 30.9 Å². The second kappa shape index (κ2) is 9.25. The van der Waals surface area contributed by atoms with Gasteiger partial charge in [-0.2, -0.15) is 0 Å². The van der Waals surface area contributed by atoms with Crippen LogP contribution in [0.5, 0.6) is 5.75 Å². The molecular weight excluding hydrogens is 440 g/mol. The highest BCUT2D eigenvalue weighted by Crippen LogP contribution is 2.26. The summed E-state index contributed by atoms with van der Waals surface area (Å²) in [5.41, 5.74) is 1.67. The Morgan fingerprint density at radius 3 is 2.79 bits per heavy atom. The zero-order valence-corrected chi connectivity index (χ0v) is 19.1. The highest BCUT2D eigenvalue weighted by Gasteiger charge is 2.26. The van der Waals surface area contributed by atoms with E-state index in [9.17, 15) is 9.59 Å². The first kappa shape index (κ1) is 21.5. The minimum absolute atomic E-state index is 0.176. The summed E-state index contributed by atoms with van der Waals surface area (Å²) in [6.45, 7) is 2.74. The molecule has 7 nitrogen and oxygen atoms in total. The molecule has 0 saturated carbocycles. The van der Waals surface area contributed by atoms with Crippen LogP contribution in [0.25, 0.3) is 11.0 Å². The van der Waals surface area contributed by atoms with Gasteiger partial charge in [0.2, 0.25) is 0 Å². The molecular formula is C25H24N2O5S. The van der Waals surface area contributed by atoms with E-state index in [4.69, 9.17) is 13.9 Å². The Morgan fingerprint density at radius 1 is 1.12 bits per heavy atom. The van der Waals surface area contributed by atoms with Gasteiger partial charge in [-0.05, 0) is 23.6 Å². The topological polar surface area (TPSA) is 73.9 Å². The van der Waals surface area contributed by atoms with E-state index in [-0.39, 0.29) is 11.3 Å². The van der Waals surface area contributed by atoms with E-state index in [1.807, 2.05) is 41.8 Å². The number of pyridine rings is 1. The van der Waals surface area contributed by atoms with Crippen LogP contribution in [0.4, 0.5) is 0 Å². The SMILES string of the molecule is COC(=O)c1c(OCc2cccs2)cc(=O)n2c1CCN(Cc1cc3ccccc3o1)CC2. The average molecular weight is 465 g/mol. The van der Waals surface area contributed by atoms with Crippen molar-refractivity contribution in [3.63, 3.8) is 0 Å². The molecule has 0 amide bonds. The monoisotopic (exact) mass is 464 g/mol. The molecule has 0 radical (unpaired) electrons. The lowest BCUT2D eigenvalue weighted by Gasteiger charge is -2.17. The van der Waals surface area contributed by atoms with E-state index in [0.29, 0.717) is 50.5 Å². The van der Waals surface area contributed by atoms with Gasteiger partial charge in [-0.1, -0.05) is 24.3 Å². The summed E-state index contributed by atoms with van der Waals surface area (Å²) in [4.78, 5) is 28.9. The second-order valence-corrected chi connectivity index (χ2v) is 8.99. The molecule has 0 unspecified atom stereocenters. The number of carbonyl (C=O) groups excluding carboxylic acids is 1. The van der Waals surface area contributed by atoms with Gasteiger partial charge in [0.25, 0.3) is 5.56 Å². The van der Waals surface area contributed by atoms with Crippen LogP contribution in [0.1, 0.15) is 26.7 Å². The zero-order chi connectivity index (χ0) is 22.8. The van der Waals surface area contributed by atoms with E-state index in [1.165, 1.54) is 13.2 Å². The fourth-order valence-corrected chi connectivity index (χ4v) is 4.88. The Kier molecular flexibility index (Phi) is 6.02. The van der Waals surface area contributed by atoms with Crippen LogP contribution in [0.15, 0.2) is 63.1 Å². The molecule has 4 heterocycles. The lowest BCUT2D eigenvalue weighted by Crippen LogP contribution is -2.29. The van der Waals surface area contributed by atoms with E-state index in [1.54, 1.807) is 15.9 Å². The quantitative estimate of drug-likeness (QED) is 0.401. The summed E-state index contributed by atoms with van der Waals surface area (Å²) in [7, 11) is 1.35. The number of rotatable bonds is 6. The second-order valence-electron chi connectivity index (χ2n) is 7.96. The average Bonchev–Trinajstić information content (AvgIpc) is 3.44. The number of nitrogens with zero attached hydrogens (tertiary/aromatic N) is 2. The molecule has 1 aromatic carbocycles. The summed E-state index contributed by atoms with van der Waals surface area (Å²) in [5.74, 6) is 0.658. The van der Waals surface area contributed by atoms with Gasteiger partial charge in [0.1, 0.15) is 29.3 Å². The van der Waals surface area contributed by atoms with Gasteiger partial charge >= 0.3 is 5.97 Å². The maximum Gasteiger partial charge on any atom is 0.343 e. The molecule has 3 aromatic heterocycles. The van der Waals surface area contributed by atoms with Gasteiger partial charge in [-0.3, -0.25) is 9.69 Å². The molecule has 0 saturated heterocycles. The molecule has 1 aliphatic rings. The Hall–Kier alpha value is -3.36. The molecule has 0 N–H and O–H groups in total. The number of benzene rings is 1. The number of ether oxygens (including phenoxy) is 2. The lowest BCUT2D eigenvalue weighted by molar-refractivity contribution is 0.0592. The van der Waals surface area contributed by atoms with Crippen LogP contribution in [0, 0.1) is 0 Å². The number of esters is 1. The molecule has 4 aromatic rings. The Morgan fingerprint density at radius 2 is 2.00 bits per heavy atom. The van der Waals surface area contributed by atoms with E-state index >= 15 is 0 Å². The van der Waals surface area contributed by atoms with Crippen LogP contribution in [0.2, 0.25) is 0 Å². The van der Waals surface area contributed by atoms with Crippen molar-refractivity contribution in [3.05, 3.63) is 86.2 Å². The number of thiophene rings is 1. The fourth-order valence-electron chi connectivity index (χ4n) is 4.27. The van der Waals surface area contributed by atoms with Gasteiger partial charge in [0.15, 0.2) is 0 Å². The van der Waals surface area contributed by atoms with Gasteiger partial charge in [0, 0.05) is 48.1 Å². The standard InChI is InChI=1S/C25H24N2O5S/c1-30-25(29)24-20-8-9-26(15-18-13-17-5-2-3-7-21(17)32-18)10-11-27(20)23(28)14-22(24)31-16-19-6-4-12-33-19/h2-7,12-14H,8-11,15-16H2,1H3. The van der Waals surface area contributed by atoms with Crippen molar-refractivity contribution in [2.75, 3.05) is 20.2 Å². The number of hydrogen-bond acceptors (Lipinski definition) is 7. The Bertz CT molecular complexity index is 1310. The molecule has 1 aliphatic heterocycles. The first-order valence-electron chi connectivity index (χ1n) is 10.8. The predicted molar refractivity (Wildman–Crippen MR) is 126 cm³/mol. The molecule has 33 heavy (non-hydrogen) atoms. The molecule has 0 fully saturated rings. The first-order valence-corrected chi connectivity index (χ1v) is 11.7. The van der Waals surface area contributed by atoms with Crippen LogP contribution < -0.4 is 10.3 Å². The third-order valence-electron chi connectivity index (χ3n) is 5.88. The van der Waals surface area contributed by atoms with Crippen molar-refractivity contribution in [2.45, 2.75) is 26.1 Å².